The van der Waals surface area contributed by atoms with Crippen molar-refractivity contribution in [3.05, 3.63) is 90.0 Å². The third-order valence-electron chi connectivity index (χ3n) is 4.62. The van der Waals surface area contributed by atoms with Gasteiger partial charge in [-0.1, -0.05) is 36.4 Å². The van der Waals surface area contributed by atoms with E-state index < -0.39 is 16.0 Å². The molecular weight excluding hydrogens is 430 g/mol. The summed E-state index contributed by atoms with van der Waals surface area (Å²) < 4.78 is 44.0. The first-order chi connectivity index (χ1) is 15.5. The smallest absolute Gasteiger partial charge is 0.338 e. The molecule has 1 N–H and O–H groups in total. The molecule has 32 heavy (non-hydrogen) atoms. The molecule has 1 aliphatic heterocycles. The number of esters is 1. The molecule has 164 valence electrons. The van der Waals surface area contributed by atoms with Gasteiger partial charge in [-0.2, -0.15) is 0 Å². The summed E-state index contributed by atoms with van der Waals surface area (Å²) in [7, 11) is -3.83. The van der Waals surface area contributed by atoms with E-state index in [9.17, 15) is 13.2 Å². The van der Waals surface area contributed by atoms with Gasteiger partial charge in [0.15, 0.2) is 11.5 Å². The minimum Gasteiger partial charge on any atom is -0.486 e. The van der Waals surface area contributed by atoms with Crippen molar-refractivity contribution in [3.8, 4) is 11.5 Å². The van der Waals surface area contributed by atoms with Gasteiger partial charge in [-0.3, -0.25) is 4.72 Å². The Balaban J connectivity index is 1.35. The van der Waals surface area contributed by atoms with Crippen LogP contribution in [-0.2, 0) is 14.8 Å². The first-order valence-electron chi connectivity index (χ1n) is 9.92. The lowest BCUT2D eigenvalue weighted by Gasteiger charge is -2.19. The molecule has 4 rings (SSSR count). The number of hydrogen-bond donors (Lipinski definition) is 1. The number of rotatable bonds is 7. The summed E-state index contributed by atoms with van der Waals surface area (Å²) in [5.74, 6) is 0.402. The van der Waals surface area contributed by atoms with Crippen molar-refractivity contribution in [3.63, 3.8) is 0 Å². The molecule has 8 heteroatoms. The van der Waals surface area contributed by atoms with Crippen molar-refractivity contribution >= 4 is 27.8 Å². The molecule has 0 aromatic heterocycles. The van der Waals surface area contributed by atoms with Crippen LogP contribution >= 0.6 is 0 Å². The number of fused-ring (bicyclic) bond motifs is 1. The molecule has 1 heterocycles. The quantitative estimate of drug-likeness (QED) is 0.543. The number of sulfonamides is 1. The number of ether oxygens (including phenoxy) is 3. The number of nitrogens with one attached hydrogen (secondary N) is 1. The van der Waals surface area contributed by atoms with Gasteiger partial charge in [-0.25, -0.2) is 13.2 Å². The highest BCUT2D eigenvalue weighted by atomic mass is 32.2. The molecular formula is C24H21NO6S. The van der Waals surface area contributed by atoms with Crippen molar-refractivity contribution in [1.82, 2.24) is 0 Å². The molecule has 7 nitrogen and oxygen atoms in total. The second-order valence-electron chi connectivity index (χ2n) is 6.90. The lowest BCUT2D eigenvalue weighted by atomic mass is 10.2. The highest BCUT2D eigenvalue weighted by Crippen LogP contribution is 2.32. The molecule has 0 bridgehead atoms. The molecule has 0 spiro atoms. The lowest BCUT2D eigenvalue weighted by Crippen LogP contribution is -2.17. The summed E-state index contributed by atoms with van der Waals surface area (Å²) >= 11 is 0. The van der Waals surface area contributed by atoms with Crippen LogP contribution in [0.15, 0.2) is 83.8 Å². The van der Waals surface area contributed by atoms with Crippen molar-refractivity contribution in [2.45, 2.75) is 4.90 Å². The zero-order valence-corrected chi connectivity index (χ0v) is 17.9. The fourth-order valence-corrected chi connectivity index (χ4v) is 4.11. The Kier molecular flexibility index (Phi) is 6.42. The standard InChI is InChI=1S/C24H21NO6S/c26-24(31-14-4-7-18-5-2-1-3-6-18)19-8-10-20(11-9-19)25-32(27,28)21-12-13-22-23(17-21)30-16-15-29-22/h1-13,17,25H,14-16H2/b7-4+. The van der Waals surface area contributed by atoms with Gasteiger partial charge in [-0.05, 0) is 48.0 Å². The van der Waals surface area contributed by atoms with Gasteiger partial charge >= 0.3 is 5.97 Å². The maximum Gasteiger partial charge on any atom is 0.338 e. The fraction of sp³-hybridized carbons (Fsp3) is 0.125. The molecule has 0 saturated heterocycles. The van der Waals surface area contributed by atoms with E-state index in [-0.39, 0.29) is 11.5 Å². The molecule has 1 aliphatic rings. The molecule has 0 aliphatic carbocycles. The Morgan fingerprint density at radius 2 is 1.66 bits per heavy atom. The maximum absolute atomic E-state index is 12.7. The molecule has 0 saturated carbocycles. The summed E-state index contributed by atoms with van der Waals surface area (Å²) in [6.07, 6.45) is 3.62. The normalized spacial score (nSPS) is 13.0. The second-order valence-corrected chi connectivity index (χ2v) is 8.58. The topological polar surface area (TPSA) is 90.9 Å². The van der Waals surface area contributed by atoms with Gasteiger partial charge in [0.25, 0.3) is 10.0 Å². The van der Waals surface area contributed by atoms with Crippen LogP contribution in [0.4, 0.5) is 5.69 Å². The van der Waals surface area contributed by atoms with Gasteiger partial charge in [-0.15, -0.1) is 0 Å². The Morgan fingerprint density at radius 3 is 2.41 bits per heavy atom. The highest BCUT2D eigenvalue weighted by Gasteiger charge is 2.19. The number of benzene rings is 3. The summed E-state index contributed by atoms with van der Waals surface area (Å²) in [5, 5.41) is 0. The maximum atomic E-state index is 12.7. The summed E-state index contributed by atoms with van der Waals surface area (Å²) in [5.41, 5.74) is 1.65. The zero-order chi connectivity index (χ0) is 22.4. The molecule has 3 aromatic carbocycles. The van der Waals surface area contributed by atoms with E-state index in [4.69, 9.17) is 14.2 Å². The van der Waals surface area contributed by atoms with Crippen LogP contribution in [0.2, 0.25) is 0 Å². The summed E-state index contributed by atoms with van der Waals surface area (Å²) in [6, 6.07) is 20.1. The van der Waals surface area contributed by atoms with Gasteiger partial charge in [0, 0.05) is 11.8 Å². The number of anilines is 1. The molecule has 0 amide bonds. The molecule has 0 atom stereocenters. The predicted octanol–water partition coefficient (Wildman–Crippen LogP) is 4.13. The van der Waals surface area contributed by atoms with Crippen molar-refractivity contribution in [2.75, 3.05) is 24.5 Å². The van der Waals surface area contributed by atoms with Gasteiger partial charge < -0.3 is 14.2 Å². The van der Waals surface area contributed by atoms with Crippen LogP contribution in [0, 0.1) is 0 Å². The number of carbonyl (C=O) groups excluding carboxylic acids is 1. The van der Waals surface area contributed by atoms with E-state index >= 15 is 0 Å². The Bertz CT molecular complexity index is 1220. The molecule has 0 unspecified atom stereocenters. The van der Waals surface area contributed by atoms with E-state index in [1.54, 1.807) is 12.1 Å². The second kappa shape index (κ2) is 9.57. The van der Waals surface area contributed by atoms with Gasteiger partial charge in [0.05, 0.1) is 10.5 Å². The number of carbonyl (C=O) groups is 1. The van der Waals surface area contributed by atoms with E-state index in [0.717, 1.165) is 5.56 Å². The van der Waals surface area contributed by atoms with E-state index in [1.165, 1.54) is 36.4 Å². The van der Waals surface area contributed by atoms with Crippen LogP contribution < -0.4 is 14.2 Å². The summed E-state index contributed by atoms with van der Waals surface area (Å²) in [4.78, 5) is 12.2. The average Bonchev–Trinajstić information content (AvgIpc) is 2.82. The first kappa shape index (κ1) is 21.5. The average molecular weight is 452 g/mol. The SMILES string of the molecule is O=C(OC/C=C/c1ccccc1)c1ccc(NS(=O)(=O)c2ccc3c(c2)OCCO3)cc1. The minimum absolute atomic E-state index is 0.0513. The largest absolute Gasteiger partial charge is 0.486 e. The van der Waals surface area contributed by atoms with E-state index in [1.807, 2.05) is 36.4 Å². The van der Waals surface area contributed by atoms with Crippen LogP contribution in [0.3, 0.4) is 0 Å². The van der Waals surface area contributed by atoms with Crippen molar-refractivity contribution < 1.29 is 27.4 Å². The van der Waals surface area contributed by atoms with Crippen LogP contribution in [-0.4, -0.2) is 34.2 Å². The lowest BCUT2D eigenvalue weighted by molar-refractivity contribution is 0.0550. The Labute approximate surface area is 186 Å². The van der Waals surface area contributed by atoms with Gasteiger partial charge in [0.1, 0.15) is 19.8 Å². The summed E-state index contributed by atoms with van der Waals surface area (Å²) in [6.45, 7) is 0.922. The third-order valence-corrected chi connectivity index (χ3v) is 6.00. The van der Waals surface area contributed by atoms with E-state index in [0.29, 0.717) is 36.0 Å². The first-order valence-corrected chi connectivity index (χ1v) is 11.4. The molecule has 0 radical (unpaired) electrons. The third kappa shape index (κ3) is 5.28. The van der Waals surface area contributed by atoms with E-state index in [2.05, 4.69) is 4.72 Å². The fourth-order valence-electron chi connectivity index (χ4n) is 3.03. The minimum atomic E-state index is -3.83. The number of hydrogen-bond acceptors (Lipinski definition) is 6. The van der Waals surface area contributed by atoms with Gasteiger partial charge in [0.2, 0.25) is 0 Å². The Morgan fingerprint density at radius 1 is 0.938 bits per heavy atom. The van der Waals surface area contributed by atoms with Crippen molar-refractivity contribution in [1.29, 1.82) is 0 Å². The van der Waals surface area contributed by atoms with Crippen molar-refractivity contribution in [2.24, 2.45) is 0 Å². The van der Waals surface area contributed by atoms with Crippen LogP contribution in [0.1, 0.15) is 15.9 Å². The predicted molar refractivity (Wildman–Crippen MR) is 120 cm³/mol. The highest BCUT2D eigenvalue weighted by molar-refractivity contribution is 7.92. The zero-order valence-electron chi connectivity index (χ0n) is 17.1. The monoisotopic (exact) mass is 451 g/mol. The van der Waals surface area contributed by atoms with Crippen LogP contribution in [0.25, 0.3) is 6.08 Å². The van der Waals surface area contributed by atoms with Crippen LogP contribution in [0.5, 0.6) is 11.5 Å². The Hall–Kier alpha value is -3.78. The molecule has 0 fully saturated rings. The molecule has 3 aromatic rings.